The number of fused-ring (bicyclic) bond motifs is 4. The van der Waals surface area contributed by atoms with Gasteiger partial charge >= 0.3 is 0 Å². The lowest BCUT2D eigenvalue weighted by Gasteiger charge is -2.35. The molecule has 0 aromatic heterocycles. The van der Waals surface area contributed by atoms with Crippen LogP contribution in [0.15, 0.2) is 182 Å². The zero-order valence-corrected chi connectivity index (χ0v) is 25.6. The highest BCUT2D eigenvalue weighted by Crippen LogP contribution is 2.44. The Bertz CT molecular complexity index is 2300. The number of rotatable bonds is 4. The molecule has 9 rings (SSSR count). The van der Waals surface area contributed by atoms with Gasteiger partial charge in [0.25, 0.3) is 0 Å². The highest BCUT2D eigenvalue weighted by Gasteiger charge is 2.33. The minimum Gasteiger partial charge on any atom is -0.0767 e. The van der Waals surface area contributed by atoms with Crippen LogP contribution in [0.25, 0.3) is 33.1 Å². The Morgan fingerprint density at radius 2 is 1.07 bits per heavy atom. The minimum atomic E-state index is 0.204. The van der Waals surface area contributed by atoms with E-state index >= 15 is 0 Å². The summed E-state index contributed by atoms with van der Waals surface area (Å²) in [5.74, 6) is 1.26. The smallest absolute Gasteiger partial charge is 0.0143 e. The molecule has 0 spiro atoms. The van der Waals surface area contributed by atoms with Crippen molar-refractivity contribution >= 4 is 33.1 Å². The summed E-state index contributed by atoms with van der Waals surface area (Å²) in [4.78, 5) is 0. The summed E-state index contributed by atoms with van der Waals surface area (Å²) in [6.07, 6.45) is 23.2. The molecular formula is C46H34. The molecule has 5 aromatic carbocycles. The van der Waals surface area contributed by atoms with E-state index in [4.69, 9.17) is 0 Å². The van der Waals surface area contributed by atoms with Gasteiger partial charge in [0, 0.05) is 23.7 Å². The first-order valence-corrected chi connectivity index (χ1v) is 16.4. The molecule has 218 valence electrons. The molecule has 0 N–H and O–H groups in total. The molecular weight excluding hydrogens is 553 g/mol. The van der Waals surface area contributed by atoms with Gasteiger partial charge in [0.2, 0.25) is 0 Å². The molecule has 0 heterocycles. The van der Waals surface area contributed by atoms with Crippen molar-refractivity contribution in [2.24, 2.45) is 23.7 Å². The van der Waals surface area contributed by atoms with E-state index in [0.717, 1.165) is 0 Å². The predicted octanol–water partition coefficient (Wildman–Crippen LogP) is 9.45. The van der Waals surface area contributed by atoms with Crippen LogP contribution in [0, 0.1) is 23.7 Å². The van der Waals surface area contributed by atoms with Crippen molar-refractivity contribution in [2.75, 3.05) is 0 Å². The molecule has 0 nitrogen and oxygen atoms in total. The van der Waals surface area contributed by atoms with E-state index in [2.05, 4.69) is 182 Å². The quantitative estimate of drug-likeness (QED) is 0.197. The van der Waals surface area contributed by atoms with Crippen LogP contribution in [0.5, 0.6) is 0 Å². The molecule has 0 fully saturated rings. The first-order valence-electron chi connectivity index (χ1n) is 16.4. The minimum absolute atomic E-state index is 0.204. The van der Waals surface area contributed by atoms with Crippen molar-refractivity contribution < 1.29 is 0 Å². The average Bonchev–Trinajstić information content (AvgIpc) is 3.13. The number of hydrogen-bond acceptors (Lipinski definition) is 0. The van der Waals surface area contributed by atoms with Crippen LogP contribution in [0.1, 0.15) is 22.3 Å². The molecule has 4 aliphatic rings. The zero-order valence-electron chi connectivity index (χ0n) is 25.6. The SMILES string of the molecule is C1=CC2C=CC=C(c3ccc(C4=c5ccccc5=C(c5ccc6ccccc6c5)C5C=CC(c6ccccc6)=CC45)cc3)C2C=C1. The highest BCUT2D eigenvalue weighted by molar-refractivity contribution is 5.90. The van der Waals surface area contributed by atoms with E-state index < -0.39 is 0 Å². The number of hydrogen-bond donors (Lipinski definition) is 0. The number of allylic oxidation sites excluding steroid dienone is 12. The van der Waals surface area contributed by atoms with Gasteiger partial charge in [-0.3, -0.25) is 0 Å². The molecule has 0 bridgehead atoms. The Hall–Kier alpha value is -5.46. The lowest BCUT2D eigenvalue weighted by Crippen LogP contribution is -2.40. The molecule has 0 heteroatoms. The second kappa shape index (κ2) is 11.2. The summed E-state index contributed by atoms with van der Waals surface area (Å²) in [5.41, 5.74) is 10.7. The number of benzene rings is 5. The van der Waals surface area contributed by atoms with Crippen LogP contribution in [0.2, 0.25) is 0 Å². The summed E-state index contributed by atoms with van der Waals surface area (Å²) in [7, 11) is 0. The first kappa shape index (κ1) is 26.9. The molecule has 4 atom stereocenters. The van der Waals surface area contributed by atoms with Gasteiger partial charge in [-0.05, 0) is 71.8 Å². The molecule has 4 unspecified atom stereocenters. The summed E-state index contributed by atoms with van der Waals surface area (Å²) in [5, 5.41) is 5.23. The van der Waals surface area contributed by atoms with E-state index in [1.54, 1.807) is 0 Å². The fraction of sp³-hybridized carbons (Fsp3) is 0.0870. The van der Waals surface area contributed by atoms with E-state index in [1.165, 1.54) is 65.8 Å². The molecule has 0 amide bonds. The van der Waals surface area contributed by atoms with Gasteiger partial charge in [0.15, 0.2) is 0 Å². The lowest BCUT2D eigenvalue weighted by molar-refractivity contribution is 0.677. The Morgan fingerprint density at radius 3 is 1.89 bits per heavy atom. The zero-order chi connectivity index (χ0) is 30.5. The van der Waals surface area contributed by atoms with E-state index in [-0.39, 0.29) is 11.8 Å². The Labute approximate surface area is 270 Å². The van der Waals surface area contributed by atoms with Crippen molar-refractivity contribution in [3.8, 4) is 0 Å². The lowest BCUT2D eigenvalue weighted by atomic mass is 9.68. The van der Waals surface area contributed by atoms with Gasteiger partial charge in [-0.1, -0.05) is 176 Å². The maximum absolute atomic E-state index is 2.53. The monoisotopic (exact) mass is 586 g/mol. The van der Waals surface area contributed by atoms with Crippen LogP contribution in [0.3, 0.4) is 0 Å². The predicted molar refractivity (Wildman–Crippen MR) is 194 cm³/mol. The Kier molecular flexibility index (Phi) is 6.53. The average molecular weight is 587 g/mol. The summed E-state index contributed by atoms with van der Waals surface area (Å²) in [6, 6.07) is 45.0. The van der Waals surface area contributed by atoms with Crippen molar-refractivity contribution in [3.63, 3.8) is 0 Å². The fourth-order valence-corrected chi connectivity index (χ4v) is 8.05. The highest BCUT2D eigenvalue weighted by atomic mass is 14.4. The fourth-order valence-electron chi connectivity index (χ4n) is 8.05. The topological polar surface area (TPSA) is 0 Å². The Morgan fingerprint density at radius 1 is 0.413 bits per heavy atom. The molecule has 46 heavy (non-hydrogen) atoms. The van der Waals surface area contributed by atoms with Crippen molar-refractivity contribution in [1.29, 1.82) is 0 Å². The van der Waals surface area contributed by atoms with Crippen LogP contribution >= 0.6 is 0 Å². The first-order chi connectivity index (χ1) is 22.8. The molecule has 0 saturated heterocycles. The second-order valence-corrected chi connectivity index (χ2v) is 12.8. The summed E-state index contributed by atoms with van der Waals surface area (Å²) >= 11 is 0. The maximum Gasteiger partial charge on any atom is 0.0143 e. The normalized spacial score (nSPS) is 22.6. The molecule has 4 aliphatic carbocycles. The van der Waals surface area contributed by atoms with E-state index in [1.807, 2.05) is 0 Å². The molecule has 0 saturated carbocycles. The van der Waals surface area contributed by atoms with Crippen LogP contribution in [-0.2, 0) is 0 Å². The van der Waals surface area contributed by atoms with Gasteiger partial charge < -0.3 is 0 Å². The Balaban J connectivity index is 1.25. The second-order valence-electron chi connectivity index (χ2n) is 12.8. The molecule has 0 aliphatic heterocycles. The van der Waals surface area contributed by atoms with Gasteiger partial charge in [-0.2, -0.15) is 0 Å². The summed E-state index contributed by atoms with van der Waals surface area (Å²) in [6.45, 7) is 0. The largest absolute Gasteiger partial charge is 0.0767 e. The standard InChI is InChI=1S/C46H34/c1-2-11-31(12-3-1)37-27-28-43-44(30-37)45(35-24-22-34(23-25-35)40-20-10-16-33-14-6-7-17-39(33)40)41-18-8-9-19-42(41)46(43)38-26-21-32-13-4-5-15-36(32)29-38/h1-30,33,39,43-44H. The maximum atomic E-state index is 2.53. The van der Waals surface area contributed by atoms with E-state index in [0.29, 0.717) is 11.8 Å². The van der Waals surface area contributed by atoms with Gasteiger partial charge in [0.1, 0.15) is 0 Å². The van der Waals surface area contributed by atoms with Crippen molar-refractivity contribution in [1.82, 2.24) is 0 Å². The van der Waals surface area contributed by atoms with Gasteiger partial charge in [-0.15, -0.1) is 0 Å². The van der Waals surface area contributed by atoms with Gasteiger partial charge in [-0.25, -0.2) is 0 Å². The third-order valence-corrected chi connectivity index (χ3v) is 10.2. The van der Waals surface area contributed by atoms with Crippen molar-refractivity contribution in [3.05, 3.63) is 215 Å². The van der Waals surface area contributed by atoms with Crippen molar-refractivity contribution in [2.45, 2.75) is 0 Å². The molecule has 0 radical (unpaired) electrons. The van der Waals surface area contributed by atoms with Crippen LogP contribution < -0.4 is 10.4 Å². The van der Waals surface area contributed by atoms with E-state index in [9.17, 15) is 0 Å². The summed E-state index contributed by atoms with van der Waals surface area (Å²) < 4.78 is 0. The third kappa shape index (κ3) is 4.53. The van der Waals surface area contributed by atoms with Crippen LogP contribution in [0.4, 0.5) is 0 Å². The van der Waals surface area contributed by atoms with Gasteiger partial charge in [0.05, 0.1) is 0 Å². The third-order valence-electron chi connectivity index (χ3n) is 10.2. The molecule has 5 aromatic rings. The van der Waals surface area contributed by atoms with Crippen LogP contribution in [-0.4, -0.2) is 0 Å².